The van der Waals surface area contributed by atoms with Gasteiger partial charge < -0.3 is 0 Å². The van der Waals surface area contributed by atoms with Gasteiger partial charge in [0.25, 0.3) is 11.6 Å². The van der Waals surface area contributed by atoms with Crippen molar-refractivity contribution in [2.75, 3.05) is 17.1 Å². The van der Waals surface area contributed by atoms with E-state index in [1.165, 1.54) is 30.5 Å². The smallest absolute Gasteiger partial charge is 0.270 e. The van der Waals surface area contributed by atoms with Gasteiger partial charge in [-0.15, -0.1) is 0 Å². The Balaban J connectivity index is 2.13. The van der Waals surface area contributed by atoms with Crippen molar-refractivity contribution in [3.05, 3.63) is 68.7 Å². The molecule has 0 heterocycles. The molecule has 2 aromatic carbocycles. The normalized spacial score (nSPS) is 11.4. The van der Waals surface area contributed by atoms with Crippen LogP contribution in [0.1, 0.15) is 11.1 Å². The number of hydrogen-bond acceptors (Lipinski definition) is 6. The highest BCUT2D eigenvalue weighted by atomic mass is 35.5. The number of hydrazone groups is 1. The number of non-ortho nitro benzene ring substituents is 1. The van der Waals surface area contributed by atoms with Gasteiger partial charge in [-0.3, -0.25) is 19.2 Å². The lowest BCUT2D eigenvalue weighted by Gasteiger charge is -2.23. The molecule has 0 saturated carbocycles. The van der Waals surface area contributed by atoms with E-state index < -0.39 is 27.4 Å². The number of anilines is 1. The summed E-state index contributed by atoms with van der Waals surface area (Å²) in [7, 11) is -3.76. The summed E-state index contributed by atoms with van der Waals surface area (Å²) in [4.78, 5) is 22.4. The molecule has 28 heavy (non-hydrogen) atoms. The third-order valence-corrected chi connectivity index (χ3v) is 4.97. The van der Waals surface area contributed by atoms with E-state index in [1.807, 2.05) is 0 Å². The van der Waals surface area contributed by atoms with Gasteiger partial charge >= 0.3 is 0 Å². The first kappa shape index (κ1) is 21.3. The first-order valence-corrected chi connectivity index (χ1v) is 10.1. The minimum absolute atomic E-state index is 0.116. The van der Waals surface area contributed by atoms with Crippen molar-refractivity contribution in [1.29, 1.82) is 0 Å². The Hall–Kier alpha value is -2.98. The molecule has 0 saturated heterocycles. The molecule has 0 aromatic heterocycles. The van der Waals surface area contributed by atoms with Gasteiger partial charge in [-0.05, 0) is 24.6 Å². The summed E-state index contributed by atoms with van der Waals surface area (Å²) in [6.45, 7) is 1.19. The largest absolute Gasteiger partial charge is 0.271 e. The number of amides is 1. The Morgan fingerprint density at radius 3 is 2.68 bits per heavy atom. The zero-order chi connectivity index (χ0) is 20.9. The van der Waals surface area contributed by atoms with Crippen molar-refractivity contribution in [3.8, 4) is 0 Å². The number of nitrogens with one attached hydrogen (secondary N) is 1. The van der Waals surface area contributed by atoms with Gasteiger partial charge in [-0.25, -0.2) is 13.8 Å². The van der Waals surface area contributed by atoms with E-state index in [2.05, 4.69) is 10.5 Å². The lowest BCUT2D eigenvalue weighted by Crippen LogP contribution is -2.39. The van der Waals surface area contributed by atoms with E-state index in [4.69, 9.17) is 11.6 Å². The van der Waals surface area contributed by atoms with Gasteiger partial charge in [0.05, 0.1) is 23.1 Å². The summed E-state index contributed by atoms with van der Waals surface area (Å²) >= 11 is 5.94. The molecule has 0 radical (unpaired) electrons. The van der Waals surface area contributed by atoms with Crippen molar-refractivity contribution in [2.24, 2.45) is 5.10 Å². The highest BCUT2D eigenvalue weighted by molar-refractivity contribution is 7.92. The lowest BCUT2D eigenvalue weighted by molar-refractivity contribution is -0.384. The number of halogens is 1. The van der Waals surface area contributed by atoms with Crippen molar-refractivity contribution >= 4 is 45.1 Å². The fourth-order valence-electron chi connectivity index (χ4n) is 2.30. The fraction of sp³-hybridized carbons (Fsp3) is 0.176. The van der Waals surface area contributed by atoms with Gasteiger partial charge in [0.1, 0.15) is 6.54 Å². The summed E-state index contributed by atoms with van der Waals surface area (Å²) < 4.78 is 25.2. The van der Waals surface area contributed by atoms with Crippen LogP contribution in [0, 0.1) is 17.0 Å². The molecular formula is C17H17ClN4O5S. The monoisotopic (exact) mass is 424 g/mol. The number of benzene rings is 2. The summed E-state index contributed by atoms with van der Waals surface area (Å²) in [5, 5.41) is 14.8. The van der Waals surface area contributed by atoms with E-state index >= 15 is 0 Å². The van der Waals surface area contributed by atoms with Crippen LogP contribution in [0.5, 0.6) is 0 Å². The number of nitro benzene ring substituents is 1. The van der Waals surface area contributed by atoms with Crippen molar-refractivity contribution in [1.82, 2.24) is 5.43 Å². The summed E-state index contributed by atoms with van der Waals surface area (Å²) in [5.41, 5.74) is 3.41. The SMILES string of the molecule is Cc1ccc(Cl)cc1N(CC(=O)N/N=C\c1cccc([N+](=O)[O-])c1)S(C)(=O)=O. The van der Waals surface area contributed by atoms with E-state index in [1.54, 1.807) is 25.1 Å². The maximum absolute atomic E-state index is 12.2. The lowest BCUT2D eigenvalue weighted by atomic mass is 10.2. The van der Waals surface area contributed by atoms with Crippen molar-refractivity contribution < 1.29 is 18.1 Å². The highest BCUT2D eigenvalue weighted by Gasteiger charge is 2.22. The standard InChI is InChI=1S/C17H17ClN4O5S/c1-12-6-7-14(18)9-16(12)21(28(2,26)27)11-17(23)20-19-10-13-4-3-5-15(8-13)22(24)25/h3-10H,11H2,1-2H3,(H,20,23)/b19-10-. The Labute approximate surface area is 166 Å². The van der Waals surface area contributed by atoms with Crippen LogP contribution >= 0.6 is 11.6 Å². The second-order valence-corrected chi connectivity index (χ2v) is 8.19. The minimum Gasteiger partial charge on any atom is -0.271 e. The van der Waals surface area contributed by atoms with E-state index in [0.717, 1.165) is 10.6 Å². The Kier molecular flexibility index (Phi) is 6.71. The summed E-state index contributed by atoms with van der Waals surface area (Å²) in [5.74, 6) is -0.688. The second kappa shape index (κ2) is 8.81. The third-order valence-electron chi connectivity index (χ3n) is 3.61. The van der Waals surface area contributed by atoms with Gasteiger partial charge in [0.15, 0.2) is 0 Å². The molecule has 2 aromatic rings. The molecular weight excluding hydrogens is 408 g/mol. The molecule has 0 aliphatic heterocycles. The molecule has 0 fully saturated rings. The molecule has 2 rings (SSSR count). The maximum atomic E-state index is 12.2. The highest BCUT2D eigenvalue weighted by Crippen LogP contribution is 2.26. The first-order valence-electron chi connectivity index (χ1n) is 7.88. The average Bonchev–Trinajstić information content (AvgIpc) is 2.61. The summed E-state index contributed by atoms with van der Waals surface area (Å²) in [6.07, 6.45) is 2.20. The van der Waals surface area contributed by atoms with Crippen LogP contribution in [-0.2, 0) is 14.8 Å². The summed E-state index contributed by atoms with van der Waals surface area (Å²) in [6, 6.07) is 10.4. The predicted octanol–water partition coefficient (Wildman–Crippen LogP) is 2.47. The zero-order valence-corrected chi connectivity index (χ0v) is 16.6. The molecule has 1 amide bonds. The number of hydrogen-bond donors (Lipinski definition) is 1. The molecule has 0 unspecified atom stereocenters. The predicted molar refractivity (Wildman–Crippen MR) is 107 cm³/mol. The zero-order valence-electron chi connectivity index (χ0n) is 15.0. The molecule has 9 nitrogen and oxygen atoms in total. The van der Waals surface area contributed by atoms with Crippen LogP contribution in [0.3, 0.4) is 0 Å². The quantitative estimate of drug-likeness (QED) is 0.415. The Morgan fingerprint density at radius 1 is 1.32 bits per heavy atom. The Morgan fingerprint density at radius 2 is 2.04 bits per heavy atom. The van der Waals surface area contributed by atoms with E-state index in [0.29, 0.717) is 16.1 Å². The maximum Gasteiger partial charge on any atom is 0.270 e. The molecule has 0 atom stereocenters. The van der Waals surface area contributed by atoms with Gasteiger partial charge in [0.2, 0.25) is 10.0 Å². The molecule has 0 aliphatic rings. The molecule has 11 heteroatoms. The van der Waals surface area contributed by atoms with Gasteiger partial charge in [0, 0.05) is 22.7 Å². The number of carbonyl (C=O) groups is 1. The van der Waals surface area contributed by atoms with E-state index in [9.17, 15) is 23.3 Å². The topological polar surface area (TPSA) is 122 Å². The number of nitro groups is 1. The van der Waals surface area contributed by atoms with Crippen LogP contribution in [0.2, 0.25) is 5.02 Å². The first-order chi connectivity index (χ1) is 13.1. The van der Waals surface area contributed by atoms with Crippen LogP contribution in [0.4, 0.5) is 11.4 Å². The number of aryl methyl sites for hydroxylation is 1. The van der Waals surface area contributed by atoms with Gasteiger partial charge in [-0.1, -0.05) is 29.8 Å². The Bertz CT molecular complexity index is 1040. The number of carbonyl (C=O) groups excluding carboxylic acids is 1. The van der Waals surface area contributed by atoms with Crippen LogP contribution in [0.25, 0.3) is 0 Å². The van der Waals surface area contributed by atoms with Crippen LogP contribution in [0.15, 0.2) is 47.6 Å². The van der Waals surface area contributed by atoms with E-state index in [-0.39, 0.29) is 11.4 Å². The second-order valence-electron chi connectivity index (χ2n) is 5.85. The third kappa shape index (κ3) is 5.76. The molecule has 1 N–H and O–H groups in total. The van der Waals surface area contributed by atoms with Gasteiger partial charge in [-0.2, -0.15) is 5.10 Å². The molecule has 0 aliphatic carbocycles. The van der Waals surface area contributed by atoms with Crippen LogP contribution in [-0.4, -0.2) is 38.3 Å². The number of sulfonamides is 1. The molecule has 0 bridgehead atoms. The minimum atomic E-state index is -3.76. The molecule has 148 valence electrons. The van der Waals surface area contributed by atoms with Crippen LogP contribution < -0.4 is 9.73 Å². The van der Waals surface area contributed by atoms with Crippen molar-refractivity contribution in [3.63, 3.8) is 0 Å². The van der Waals surface area contributed by atoms with Crippen molar-refractivity contribution in [2.45, 2.75) is 6.92 Å². The fourth-order valence-corrected chi connectivity index (χ4v) is 3.37. The average molecular weight is 425 g/mol. The molecule has 0 spiro atoms. The number of rotatable bonds is 7. The number of nitrogens with zero attached hydrogens (tertiary/aromatic N) is 3.